The molecule has 5 nitrogen and oxygen atoms in total. The van der Waals surface area contributed by atoms with Crippen molar-refractivity contribution in [1.29, 1.82) is 0 Å². The normalized spacial score (nSPS) is 24.9. The van der Waals surface area contributed by atoms with Crippen LogP contribution in [-0.2, 0) is 14.9 Å². The lowest BCUT2D eigenvalue weighted by Crippen LogP contribution is -2.57. The van der Waals surface area contributed by atoms with Crippen LogP contribution in [0.1, 0.15) is 39.2 Å². The zero-order valence-electron chi connectivity index (χ0n) is 15.9. The van der Waals surface area contributed by atoms with Crippen molar-refractivity contribution >= 4 is 17.6 Å². The molecule has 3 rings (SSSR count). The molecule has 2 amide bonds. The Hall–Kier alpha value is -1.30. The van der Waals surface area contributed by atoms with Gasteiger partial charge in [-0.05, 0) is 51.3 Å². The van der Waals surface area contributed by atoms with E-state index in [2.05, 4.69) is 11.4 Å². The number of carbonyl (C=O) groups excluding carboxylic acids is 1. The monoisotopic (exact) mass is 380 g/mol. The van der Waals surface area contributed by atoms with Crippen molar-refractivity contribution in [2.24, 2.45) is 0 Å². The number of hydrogen-bond acceptors (Lipinski definition) is 3. The van der Waals surface area contributed by atoms with Crippen LogP contribution in [0.3, 0.4) is 0 Å². The summed E-state index contributed by atoms with van der Waals surface area (Å²) >= 11 is 6.22. The fourth-order valence-corrected chi connectivity index (χ4v) is 4.30. The molecule has 2 aliphatic rings. The van der Waals surface area contributed by atoms with E-state index in [1.54, 1.807) is 0 Å². The second-order valence-electron chi connectivity index (χ2n) is 8.13. The second kappa shape index (κ2) is 7.75. The molecule has 1 atom stereocenters. The van der Waals surface area contributed by atoms with Crippen LogP contribution < -0.4 is 5.32 Å². The summed E-state index contributed by atoms with van der Waals surface area (Å²) in [7, 11) is 0. The highest BCUT2D eigenvalue weighted by Crippen LogP contribution is 2.35. The van der Waals surface area contributed by atoms with E-state index < -0.39 is 0 Å². The Morgan fingerprint density at radius 2 is 2.08 bits per heavy atom. The van der Waals surface area contributed by atoms with Crippen molar-refractivity contribution in [2.45, 2.75) is 50.7 Å². The van der Waals surface area contributed by atoms with Crippen molar-refractivity contribution in [3.8, 4) is 0 Å². The number of morpholine rings is 1. The fourth-order valence-electron chi connectivity index (χ4n) is 4.11. The molecule has 0 bridgehead atoms. The van der Waals surface area contributed by atoms with E-state index in [0.29, 0.717) is 32.8 Å². The van der Waals surface area contributed by atoms with E-state index >= 15 is 0 Å². The van der Waals surface area contributed by atoms with Gasteiger partial charge in [-0.25, -0.2) is 4.79 Å². The molecule has 6 heteroatoms. The quantitative estimate of drug-likeness (QED) is 0.871. The summed E-state index contributed by atoms with van der Waals surface area (Å²) in [6.07, 6.45) is 1.78. The fraction of sp³-hybridized carbons (Fsp3) is 0.650. The molecule has 0 radical (unpaired) electrons. The molecule has 2 saturated heterocycles. The maximum absolute atomic E-state index is 12.8. The maximum atomic E-state index is 12.8. The maximum Gasteiger partial charge on any atom is 0.317 e. The van der Waals surface area contributed by atoms with Crippen LogP contribution in [0, 0.1) is 0 Å². The Morgan fingerprint density at radius 1 is 1.35 bits per heavy atom. The highest BCUT2D eigenvalue weighted by molar-refractivity contribution is 6.30. The van der Waals surface area contributed by atoms with Gasteiger partial charge in [0.15, 0.2) is 0 Å². The number of nitrogens with one attached hydrogen (secondary N) is 1. The first-order valence-corrected chi connectivity index (χ1v) is 9.72. The van der Waals surface area contributed by atoms with E-state index in [1.165, 1.54) is 5.56 Å². The summed E-state index contributed by atoms with van der Waals surface area (Å²) in [4.78, 5) is 14.7. The predicted octanol–water partition coefficient (Wildman–Crippen LogP) is 3.60. The molecule has 0 spiro atoms. The molecule has 2 aliphatic heterocycles. The van der Waals surface area contributed by atoms with Gasteiger partial charge in [-0.15, -0.1) is 0 Å². The van der Waals surface area contributed by atoms with Gasteiger partial charge in [-0.3, -0.25) is 0 Å². The Balaban J connectivity index is 1.71. The predicted molar refractivity (Wildman–Crippen MR) is 103 cm³/mol. The topological polar surface area (TPSA) is 50.8 Å². The molecule has 1 N–H and O–H groups in total. The SMILES string of the molecule is CC1CN(C(=O)NCC2(c3cccc(Cl)c3)CCOCC2)CC(C)(C)O1. The Kier molecular flexibility index (Phi) is 5.80. The summed E-state index contributed by atoms with van der Waals surface area (Å²) in [5, 5.41) is 3.90. The van der Waals surface area contributed by atoms with Gasteiger partial charge in [0.1, 0.15) is 0 Å². The molecule has 2 fully saturated rings. The summed E-state index contributed by atoms with van der Waals surface area (Å²) in [5.74, 6) is 0. The Bertz CT molecular complexity index is 644. The highest BCUT2D eigenvalue weighted by Gasteiger charge is 2.37. The molecule has 1 aromatic carbocycles. The van der Waals surface area contributed by atoms with Crippen molar-refractivity contribution in [2.75, 3.05) is 32.8 Å². The molecular weight excluding hydrogens is 352 g/mol. The first kappa shape index (κ1) is 19.5. The van der Waals surface area contributed by atoms with Gasteiger partial charge in [0.25, 0.3) is 0 Å². The zero-order valence-corrected chi connectivity index (χ0v) is 16.6. The minimum absolute atomic E-state index is 0.0267. The molecule has 144 valence electrons. The Morgan fingerprint density at radius 3 is 2.73 bits per heavy atom. The number of rotatable bonds is 3. The number of benzene rings is 1. The van der Waals surface area contributed by atoms with E-state index in [-0.39, 0.29) is 23.2 Å². The molecule has 1 aromatic rings. The van der Waals surface area contributed by atoms with Crippen LogP contribution in [0.2, 0.25) is 5.02 Å². The highest BCUT2D eigenvalue weighted by atomic mass is 35.5. The molecule has 0 saturated carbocycles. The van der Waals surface area contributed by atoms with Crippen LogP contribution in [0.4, 0.5) is 4.79 Å². The van der Waals surface area contributed by atoms with Crippen molar-refractivity contribution in [3.05, 3.63) is 34.9 Å². The van der Waals surface area contributed by atoms with E-state index in [9.17, 15) is 4.79 Å². The smallest absolute Gasteiger partial charge is 0.317 e. The largest absolute Gasteiger partial charge is 0.381 e. The minimum Gasteiger partial charge on any atom is -0.381 e. The zero-order chi connectivity index (χ0) is 18.8. The van der Waals surface area contributed by atoms with E-state index in [0.717, 1.165) is 17.9 Å². The van der Waals surface area contributed by atoms with Crippen LogP contribution in [0.5, 0.6) is 0 Å². The number of amides is 2. The van der Waals surface area contributed by atoms with Gasteiger partial charge in [-0.1, -0.05) is 23.7 Å². The molecule has 1 unspecified atom stereocenters. The third kappa shape index (κ3) is 4.51. The number of urea groups is 1. The molecular formula is C20H29ClN2O3. The van der Waals surface area contributed by atoms with Crippen LogP contribution in [-0.4, -0.2) is 55.5 Å². The van der Waals surface area contributed by atoms with E-state index in [4.69, 9.17) is 21.1 Å². The summed E-state index contributed by atoms with van der Waals surface area (Å²) in [6.45, 7) is 9.24. The number of ether oxygens (including phenoxy) is 2. The van der Waals surface area contributed by atoms with E-state index in [1.807, 2.05) is 43.9 Å². The first-order valence-electron chi connectivity index (χ1n) is 9.34. The van der Waals surface area contributed by atoms with Gasteiger partial charge in [0.05, 0.1) is 18.2 Å². The average Bonchev–Trinajstić information content (AvgIpc) is 2.59. The standard InChI is InChI=1S/C20H29ClN2O3/c1-15-12-23(14-19(2,3)26-15)18(24)22-13-20(7-9-25-10-8-20)16-5-4-6-17(21)11-16/h4-6,11,15H,7-10,12-14H2,1-3H3,(H,22,24). The minimum atomic E-state index is -0.321. The summed E-state index contributed by atoms with van der Waals surface area (Å²) in [5.41, 5.74) is 0.717. The third-order valence-corrected chi connectivity index (χ3v) is 5.56. The summed E-state index contributed by atoms with van der Waals surface area (Å²) < 4.78 is 11.5. The second-order valence-corrected chi connectivity index (χ2v) is 8.57. The van der Waals surface area contributed by atoms with Crippen molar-refractivity contribution in [3.63, 3.8) is 0 Å². The van der Waals surface area contributed by atoms with Crippen molar-refractivity contribution in [1.82, 2.24) is 10.2 Å². The molecule has 0 aromatic heterocycles. The number of carbonyl (C=O) groups is 1. The van der Waals surface area contributed by atoms with Crippen LogP contribution in [0.15, 0.2) is 24.3 Å². The van der Waals surface area contributed by atoms with Gasteiger partial charge in [-0.2, -0.15) is 0 Å². The molecule has 0 aliphatic carbocycles. The lowest BCUT2D eigenvalue weighted by Gasteiger charge is -2.43. The average molecular weight is 381 g/mol. The van der Waals surface area contributed by atoms with Gasteiger partial charge < -0.3 is 19.7 Å². The van der Waals surface area contributed by atoms with Crippen LogP contribution in [0.25, 0.3) is 0 Å². The van der Waals surface area contributed by atoms with Gasteiger partial charge in [0.2, 0.25) is 0 Å². The summed E-state index contributed by atoms with van der Waals surface area (Å²) in [6, 6.07) is 7.94. The van der Waals surface area contributed by atoms with Crippen LogP contribution >= 0.6 is 11.6 Å². The lowest BCUT2D eigenvalue weighted by molar-refractivity contribution is -0.117. The molecule has 2 heterocycles. The van der Waals surface area contributed by atoms with Gasteiger partial charge >= 0.3 is 6.03 Å². The Labute approximate surface area is 161 Å². The van der Waals surface area contributed by atoms with Gasteiger partial charge in [0, 0.05) is 36.7 Å². The lowest BCUT2D eigenvalue weighted by atomic mass is 9.74. The third-order valence-electron chi connectivity index (χ3n) is 5.32. The number of hydrogen-bond donors (Lipinski definition) is 1. The number of nitrogens with zero attached hydrogens (tertiary/aromatic N) is 1. The first-order chi connectivity index (χ1) is 12.3. The number of halogens is 1. The molecule has 26 heavy (non-hydrogen) atoms. The van der Waals surface area contributed by atoms with Crippen molar-refractivity contribution < 1.29 is 14.3 Å².